The molecule has 1 aromatic carbocycles. The lowest BCUT2D eigenvalue weighted by Gasteiger charge is -2.28. The molecule has 0 unspecified atom stereocenters. The minimum atomic E-state index is 0.285. The molecule has 0 bridgehead atoms. The number of carbonyl (C=O) groups excluding carboxylic acids is 1. The Kier molecular flexibility index (Phi) is 4.91. The van der Waals surface area contributed by atoms with E-state index in [1.54, 1.807) is 0 Å². The Balaban J connectivity index is 1.30. The molecule has 1 N–H and O–H groups in total. The van der Waals surface area contributed by atoms with Crippen LogP contribution in [-0.2, 0) is 17.8 Å². The number of carbonyl (C=O) groups is 1. The van der Waals surface area contributed by atoms with E-state index in [9.17, 15) is 4.79 Å². The summed E-state index contributed by atoms with van der Waals surface area (Å²) in [6.45, 7) is 4.25. The van der Waals surface area contributed by atoms with Crippen LogP contribution in [0.1, 0.15) is 43.2 Å². The standard InChI is InChI=1S/C18H26N2O/c21-18(16-8-5-9-16)19-11-3-4-12-20-13-10-15-6-1-2-7-17(15)14-20/h1-2,6-7,16H,3-5,8-14H2,(H,19,21). The molecule has 1 amide bonds. The van der Waals surface area contributed by atoms with Gasteiger partial charge in [-0.25, -0.2) is 0 Å². The van der Waals surface area contributed by atoms with Gasteiger partial charge in [0.05, 0.1) is 0 Å². The van der Waals surface area contributed by atoms with Crippen molar-refractivity contribution in [1.82, 2.24) is 10.2 Å². The van der Waals surface area contributed by atoms with E-state index in [4.69, 9.17) is 0 Å². The Labute approximate surface area is 127 Å². The monoisotopic (exact) mass is 286 g/mol. The maximum absolute atomic E-state index is 11.7. The largest absolute Gasteiger partial charge is 0.356 e. The topological polar surface area (TPSA) is 32.3 Å². The first-order valence-corrected chi connectivity index (χ1v) is 8.40. The van der Waals surface area contributed by atoms with Gasteiger partial charge in [-0.1, -0.05) is 30.7 Å². The van der Waals surface area contributed by atoms with Gasteiger partial charge in [0.15, 0.2) is 0 Å². The van der Waals surface area contributed by atoms with Crippen LogP contribution in [0, 0.1) is 5.92 Å². The molecule has 0 atom stereocenters. The van der Waals surface area contributed by atoms with Gasteiger partial charge >= 0.3 is 0 Å². The third kappa shape index (κ3) is 3.85. The normalized spacial score (nSPS) is 18.9. The van der Waals surface area contributed by atoms with Crippen molar-refractivity contribution in [3.8, 4) is 0 Å². The third-order valence-corrected chi connectivity index (χ3v) is 4.89. The van der Waals surface area contributed by atoms with Crippen LogP contribution < -0.4 is 5.32 Å². The fraction of sp³-hybridized carbons (Fsp3) is 0.611. The van der Waals surface area contributed by atoms with Crippen molar-refractivity contribution < 1.29 is 4.79 Å². The highest BCUT2D eigenvalue weighted by Gasteiger charge is 2.24. The predicted octanol–water partition coefficient (Wildman–Crippen LogP) is 2.74. The summed E-state index contributed by atoms with van der Waals surface area (Å²) < 4.78 is 0. The van der Waals surface area contributed by atoms with Crippen LogP contribution in [0.4, 0.5) is 0 Å². The summed E-state index contributed by atoms with van der Waals surface area (Å²) in [6, 6.07) is 8.78. The van der Waals surface area contributed by atoms with Crippen LogP contribution >= 0.6 is 0 Å². The fourth-order valence-corrected chi connectivity index (χ4v) is 3.23. The van der Waals surface area contributed by atoms with Gasteiger partial charge in [0, 0.05) is 25.6 Å². The van der Waals surface area contributed by atoms with E-state index in [1.807, 2.05) is 0 Å². The summed E-state index contributed by atoms with van der Waals surface area (Å²) in [4.78, 5) is 14.2. The van der Waals surface area contributed by atoms with Crippen molar-refractivity contribution >= 4 is 5.91 Å². The molecule has 1 saturated carbocycles. The summed E-state index contributed by atoms with van der Waals surface area (Å²) in [7, 11) is 0. The second kappa shape index (κ2) is 7.08. The molecular formula is C18H26N2O. The maximum atomic E-state index is 11.7. The van der Waals surface area contributed by atoms with Crippen LogP contribution in [0.15, 0.2) is 24.3 Å². The molecule has 1 aromatic rings. The number of nitrogens with one attached hydrogen (secondary N) is 1. The Bertz CT molecular complexity index is 482. The van der Waals surface area contributed by atoms with E-state index in [0.717, 1.165) is 38.9 Å². The molecule has 0 aromatic heterocycles. The highest BCUT2D eigenvalue weighted by atomic mass is 16.1. The number of rotatable bonds is 6. The van der Waals surface area contributed by atoms with Gasteiger partial charge in [-0.2, -0.15) is 0 Å². The Morgan fingerprint density at radius 3 is 2.76 bits per heavy atom. The summed E-state index contributed by atoms with van der Waals surface area (Å²) in [5.74, 6) is 0.608. The zero-order chi connectivity index (χ0) is 14.5. The van der Waals surface area contributed by atoms with E-state index in [2.05, 4.69) is 34.5 Å². The first kappa shape index (κ1) is 14.6. The zero-order valence-corrected chi connectivity index (χ0v) is 12.8. The minimum Gasteiger partial charge on any atom is -0.356 e. The van der Waals surface area contributed by atoms with Crippen molar-refractivity contribution in [3.05, 3.63) is 35.4 Å². The van der Waals surface area contributed by atoms with Gasteiger partial charge in [-0.3, -0.25) is 9.69 Å². The first-order chi connectivity index (χ1) is 10.3. The Morgan fingerprint density at radius 2 is 2.00 bits per heavy atom. The van der Waals surface area contributed by atoms with E-state index in [-0.39, 0.29) is 5.91 Å². The number of fused-ring (bicyclic) bond motifs is 1. The van der Waals surface area contributed by atoms with Gasteiger partial charge in [0.25, 0.3) is 0 Å². The lowest BCUT2D eigenvalue weighted by atomic mass is 9.85. The van der Waals surface area contributed by atoms with Gasteiger partial charge in [0.1, 0.15) is 0 Å². The molecule has 1 aliphatic heterocycles. The molecule has 3 heteroatoms. The average Bonchev–Trinajstić information content (AvgIpc) is 2.45. The molecule has 21 heavy (non-hydrogen) atoms. The van der Waals surface area contributed by atoms with E-state index >= 15 is 0 Å². The number of hydrogen-bond donors (Lipinski definition) is 1. The van der Waals surface area contributed by atoms with Crippen LogP contribution in [0.25, 0.3) is 0 Å². The third-order valence-electron chi connectivity index (χ3n) is 4.89. The molecule has 114 valence electrons. The zero-order valence-electron chi connectivity index (χ0n) is 12.8. The maximum Gasteiger partial charge on any atom is 0.223 e. The SMILES string of the molecule is O=C(NCCCCN1CCc2ccccc2C1)C1CCC1. The van der Waals surface area contributed by atoms with E-state index < -0.39 is 0 Å². The highest BCUT2D eigenvalue weighted by Crippen LogP contribution is 2.26. The minimum absolute atomic E-state index is 0.285. The number of nitrogens with zero attached hydrogens (tertiary/aromatic N) is 1. The number of amides is 1. The predicted molar refractivity (Wildman–Crippen MR) is 85.0 cm³/mol. The van der Waals surface area contributed by atoms with Gasteiger partial charge < -0.3 is 5.32 Å². The fourth-order valence-electron chi connectivity index (χ4n) is 3.23. The summed E-state index contributed by atoms with van der Waals surface area (Å²) >= 11 is 0. The summed E-state index contributed by atoms with van der Waals surface area (Å²) in [6.07, 6.45) is 6.87. The van der Waals surface area contributed by atoms with Gasteiger partial charge in [-0.15, -0.1) is 0 Å². The molecule has 2 aliphatic rings. The van der Waals surface area contributed by atoms with Crippen LogP contribution in [-0.4, -0.2) is 30.4 Å². The molecule has 3 rings (SSSR count). The van der Waals surface area contributed by atoms with Gasteiger partial charge in [0.2, 0.25) is 5.91 Å². The van der Waals surface area contributed by atoms with Crippen molar-refractivity contribution in [2.24, 2.45) is 5.92 Å². The number of benzene rings is 1. The lowest BCUT2D eigenvalue weighted by Crippen LogP contribution is -2.35. The van der Waals surface area contributed by atoms with Crippen molar-refractivity contribution in [2.45, 2.75) is 45.1 Å². The smallest absolute Gasteiger partial charge is 0.223 e. The second-order valence-corrected chi connectivity index (χ2v) is 6.42. The first-order valence-electron chi connectivity index (χ1n) is 8.40. The second-order valence-electron chi connectivity index (χ2n) is 6.42. The van der Waals surface area contributed by atoms with E-state index in [0.29, 0.717) is 5.92 Å². The van der Waals surface area contributed by atoms with Crippen molar-refractivity contribution in [1.29, 1.82) is 0 Å². The van der Waals surface area contributed by atoms with Crippen LogP contribution in [0.2, 0.25) is 0 Å². The van der Waals surface area contributed by atoms with Gasteiger partial charge in [-0.05, 0) is 49.8 Å². The molecule has 0 radical (unpaired) electrons. The van der Waals surface area contributed by atoms with Crippen LogP contribution in [0.3, 0.4) is 0 Å². The molecule has 1 heterocycles. The molecule has 0 spiro atoms. The highest BCUT2D eigenvalue weighted by molar-refractivity contribution is 5.79. The number of hydrogen-bond acceptors (Lipinski definition) is 2. The quantitative estimate of drug-likeness (QED) is 0.816. The molecular weight excluding hydrogens is 260 g/mol. The van der Waals surface area contributed by atoms with Crippen molar-refractivity contribution in [3.63, 3.8) is 0 Å². The average molecular weight is 286 g/mol. The molecule has 3 nitrogen and oxygen atoms in total. The molecule has 0 saturated heterocycles. The van der Waals surface area contributed by atoms with Crippen molar-refractivity contribution in [2.75, 3.05) is 19.6 Å². The number of unbranched alkanes of at least 4 members (excludes halogenated alkanes) is 1. The Morgan fingerprint density at radius 1 is 1.19 bits per heavy atom. The van der Waals surface area contributed by atoms with E-state index in [1.165, 1.54) is 36.9 Å². The Hall–Kier alpha value is -1.35. The summed E-state index contributed by atoms with van der Waals surface area (Å²) in [5.41, 5.74) is 3.00. The molecule has 1 aliphatic carbocycles. The summed E-state index contributed by atoms with van der Waals surface area (Å²) in [5, 5.41) is 3.08. The van der Waals surface area contributed by atoms with Crippen LogP contribution in [0.5, 0.6) is 0 Å². The lowest BCUT2D eigenvalue weighted by molar-refractivity contribution is -0.127. The molecule has 1 fully saturated rings.